The van der Waals surface area contributed by atoms with Gasteiger partial charge in [-0.05, 0) is 30.3 Å². The third kappa shape index (κ3) is 2.62. The molecule has 90 valence electrons. The zero-order valence-electron chi connectivity index (χ0n) is 9.56. The molecule has 0 unspecified atom stereocenters. The Kier molecular flexibility index (Phi) is 3.71. The molecule has 0 bridgehead atoms. The van der Waals surface area contributed by atoms with Crippen molar-refractivity contribution in [2.75, 3.05) is 7.11 Å². The molecule has 0 aliphatic heterocycles. The van der Waals surface area contributed by atoms with E-state index >= 15 is 0 Å². The Bertz CT molecular complexity index is 508. The molecule has 1 heterocycles. The highest BCUT2D eigenvalue weighted by Gasteiger charge is 2.06. The predicted molar refractivity (Wildman–Crippen MR) is 67.5 cm³/mol. The molecule has 0 saturated carbocycles. The second kappa shape index (κ2) is 5.25. The number of hydrogen-bond donors (Lipinski definition) is 1. The summed E-state index contributed by atoms with van der Waals surface area (Å²) in [6.45, 7) is 0.655. The lowest BCUT2D eigenvalue weighted by atomic mass is 10.2. The minimum absolute atomic E-state index is 0.0237. The first-order valence-corrected chi connectivity index (χ1v) is 5.69. The molecule has 1 aromatic carbocycles. The first-order valence-electron chi connectivity index (χ1n) is 5.32. The summed E-state index contributed by atoms with van der Waals surface area (Å²) in [6, 6.07) is 9.31. The monoisotopic (exact) mass is 251 g/mol. The van der Waals surface area contributed by atoms with Gasteiger partial charge in [-0.3, -0.25) is 0 Å². The summed E-state index contributed by atoms with van der Waals surface area (Å²) >= 11 is 5.97. The number of aromatic nitrogens is 1. The number of hydrogen-bond acceptors (Lipinski definition) is 2. The summed E-state index contributed by atoms with van der Waals surface area (Å²) < 4.78 is 7.25. The summed E-state index contributed by atoms with van der Waals surface area (Å²) in [5.41, 5.74) is 1.86. The van der Waals surface area contributed by atoms with E-state index in [1.54, 1.807) is 13.2 Å². The fraction of sp³-hybridized carbons (Fsp3) is 0.231. The first kappa shape index (κ1) is 12.0. The highest BCUT2D eigenvalue weighted by Crippen LogP contribution is 2.24. The molecule has 0 atom stereocenters. The molecule has 2 aromatic rings. The fourth-order valence-electron chi connectivity index (χ4n) is 1.80. The van der Waals surface area contributed by atoms with E-state index in [0.717, 1.165) is 17.0 Å². The van der Waals surface area contributed by atoms with E-state index in [9.17, 15) is 5.11 Å². The van der Waals surface area contributed by atoms with Crippen LogP contribution < -0.4 is 4.74 Å². The van der Waals surface area contributed by atoms with Gasteiger partial charge in [-0.1, -0.05) is 11.6 Å². The molecule has 1 aromatic heterocycles. The highest BCUT2D eigenvalue weighted by molar-refractivity contribution is 6.30. The van der Waals surface area contributed by atoms with E-state index in [-0.39, 0.29) is 6.61 Å². The largest absolute Gasteiger partial charge is 0.496 e. The minimum Gasteiger partial charge on any atom is -0.496 e. The van der Waals surface area contributed by atoms with Gasteiger partial charge in [-0.2, -0.15) is 0 Å². The van der Waals surface area contributed by atoms with Gasteiger partial charge in [-0.15, -0.1) is 0 Å². The van der Waals surface area contributed by atoms with Crippen molar-refractivity contribution >= 4 is 11.6 Å². The lowest BCUT2D eigenvalue weighted by Crippen LogP contribution is -2.04. The molecule has 0 fully saturated rings. The summed E-state index contributed by atoms with van der Waals surface area (Å²) in [5.74, 6) is 0.798. The Morgan fingerprint density at radius 2 is 2.18 bits per heavy atom. The maximum atomic E-state index is 9.19. The second-order valence-corrected chi connectivity index (χ2v) is 4.18. The molecule has 3 nitrogen and oxygen atoms in total. The molecule has 0 aliphatic rings. The average Bonchev–Trinajstić information content (AvgIpc) is 2.77. The van der Waals surface area contributed by atoms with E-state index in [1.165, 1.54) is 0 Å². The van der Waals surface area contributed by atoms with Crippen molar-refractivity contribution in [2.45, 2.75) is 13.2 Å². The van der Waals surface area contributed by atoms with Gasteiger partial charge < -0.3 is 14.4 Å². The van der Waals surface area contributed by atoms with Crippen LogP contribution in [-0.2, 0) is 13.2 Å². The Balaban J connectivity index is 2.32. The van der Waals surface area contributed by atoms with Gasteiger partial charge in [0.1, 0.15) is 5.75 Å². The summed E-state index contributed by atoms with van der Waals surface area (Å²) in [7, 11) is 1.63. The number of nitrogens with zero attached hydrogens (tertiary/aromatic N) is 1. The van der Waals surface area contributed by atoms with E-state index in [4.69, 9.17) is 16.3 Å². The smallest absolute Gasteiger partial charge is 0.123 e. The van der Waals surface area contributed by atoms with Gasteiger partial charge in [0.2, 0.25) is 0 Å². The van der Waals surface area contributed by atoms with Gasteiger partial charge in [0.05, 0.1) is 20.3 Å². The van der Waals surface area contributed by atoms with Crippen LogP contribution in [0, 0.1) is 0 Å². The third-order valence-electron chi connectivity index (χ3n) is 2.67. The van der Waals surface area contributed by atoms with Crippen molar-refractivity contribution in [3.63, 3.8) is 0 Å². The van der Waals surface area contributed by atoms with Gasteiger partial charge in [0.25, 0.3) is 0 Å². The first-order chi connectivity index (χ1) is 8.24. The van der Waals surface area contributed by atoms with Crippen molar-refractivity contribution in [1.82, 2.24) is 4.57 Å². The molecule has 0 aliphatic carbocycles. The molecular weight excluding hydrogens is 238 g/mol. The predicted octanol–water partition coefficient (Wildman–Crippen LogP) is 2.69. The van der Waals surface area contributed by atoms with Crippen molar-refractivity contribution in [1.29, 1.82) is 0 Å². The minimum atomic E-state index is 0.0237. The molecule has 0 radical (unpaired) electrons. The standard InChI is InChI=1S/C13H14ClNO2/c1-17-13-5-4-11(14)7-10(13)8-15-6-2-3-12(15)9-16/h2-7,16H,8-9H2,1H3. The molecule has 1 N–H and O–H groups in total. The van der Waals surface area contributed by atoms with Crippen LogP contribution in [0.25, 0.3) is 0 Å². The Hall–Kier alpha value is -1.45. The summed E-state index contributed by atoms with van der Waals surface area (Å²) in [4.78, 5) is 0. The van der Waals surface area contributed by atoms with E-state index in [2.05, 4.69) is 0 Å². The van der Waals surface area contributed by atoms with Crippen molar-refractivity contribution < 1.29 is 9.84 Å². The van der Waals surface area contributed by atoms with Crippen LogP contribution >= 0.6 is 11.6 Å². The van der Waals surface area contributed by atoms with Crippen LogP contribution in [0.5, 0.6) is 5.75 Å². The fourth-order valence-corrected chi connectivity index (χ4v) is 2.00. The van der Waals surface area contributed by atoms with Crippen LogP contribution in [0.15, 0.2) is 36.5 Å². The number of halogens is 1. The van der Waals surface area contributed by atoms with Crippen LogP contribution in [0.3, 0.4) is 0 Å². The van der Waals surface area contributed by atoms with Crippen LogP contribution in [-0.4, -0.2) is 16.8 Å². The Morgan fingerprint density at radius 3 is 2.88 bits per heavy atom. The SMILES string of the molecule is COc1ccc(Cl)cc1Cn1cccc1CO. The molecule has 2 rings (SSSR count). The lowest BCUT2D eigenvalue weighted by molar-refractivity contribution is 0.271. The van der Waals surface area contributed by atoms with E-state index < -0.39 is 0 Å². The Morgan fingerprint density at radius 1 is 1.35 bits per heavy atom. The van der Waals surface area contributed by atoms with Crippen LogP contribution in [0.1, 0.15) is 11.3 Å². The van der Waals surface area contributed by atoms with Gasteiger partial charge >= 0.3 is 0 Å². The van der Waals surface area contributed by atoms with Gasteiger partial charge in [0, 0.05) is 22.5 Å². The van der Waals surface area contributed by atoms with Crippen LogP contribution in [0.2, 0.25) is 5.02 Å². The number of aliphatic hydroxyl groups excluding tert-OH is 1. The van der Waals surface area contributed by atoms with Crippen LogP contribution in [0.4, 0.5) is 0 Å². The third-order valence-corrected chi connectivity index (χ3v) is 2.90. The van der Waals surface area contributed by atoms with Crippen molar-refractivity contribution in [3.05, 3.63) is 52.8 Å². The Labute approximate surface area is 105 Å². The molecule has 4 heteroatoms. The normalized spacial score (nSPS) is 10.5. The maximum Gasteiger partial charge on any atom is 0.123 e. The second-order valence-electron chi connectivity index (χ2n) is 3.74. The number of benzene rings is 1. The number of aliphatic hydroxyl groups is 1. The van der Waals surface area contributed by atoms with Crippen molar-refractivity contribution in [3.8, 4) is 5.75 Å². The van der Waals surface area contributed by atoms with Gasteiger partial charge in [0.15, 0.2) is 0 Å². The van der Waals surface area contributed by atoms with Crippen molar-refractivity contribution in [2.24, 2.45) is 0 Å². The molecule has 0 amide bonds. The zero-order valence-corrected chi connectivity index (χ0v) is 10.3. The number of methoxy groups -OCH3 is 1. The van der Waals surface area contributed by atoms with E-state index in [1.807, 2.05) is 35.0 Å². The topological polar surface area (TPSA) is 34.4 Å². The zero-order chi connectivity index (χ0) is 12.3. The highest BCUT2D eigenvalue weighted by atomic mass is 35.5. The molecule has 0 spiro atoms. The van der Waals surface area contributed by atoms with Gasteiger partial charge in [-0.25, -0.2) is 0 Å². The summed E-state index contributed by atoms with van der Waals surface area (Å²) in [5, 5.41) is 9.87. The molecule has 0 saturated heterocycles. The molecular formula is C13H14ClNO2. The number of rotatable bonds is 4. The lowest BCUT2D eigenvalue weighted by Gasteiger charge is -2.11. The molecule has 17 heavy (non-hydrogen) atoms. The quantitative estimate of drug-likeness (QED) is 0.907. The summed E-state index contributed by atoms with van der Waals surface area (Å²) in [6.07, 6.45) is 1.92. The number of ether oxygens (including phenoxy) is 1. The average molecular weight is 252 g/mol. The van der Waals surface area contributed by atoms with E-state index in [0.29, 0.717) is 11.6 Å². The maximum absolute atomic E-state index is 9.19.